The fourth-order valence-corrected chi connectivity index (χ4v) is 5.15. The average molecular weight is 424 g/mol. The van der Waals surface area contributed by atoms with Crippen molar-refractivity contribution < 1.29 is 0 Å². The van der Waals surface area contributed by atoms with Crippen molar-refractivity contribution >= 4 is 5.69 Å². The van der Waals surface area contributed by atoms with Crippen LogP contribution in [0.5, 0.6) is 0 Å². The molecule has 164 valence electrons. The summed E-state index contributed by atoms with van der Waals surface area (Å²) in [4.78, 5) is 10.1. The van der Waals surface area contributed by atoms with Gasteiger partial charge in [0.05, 0.1) is 24.1 Å². The molecule has 5 rings (SSSR count). The minimum Gasteiger partial charge on any atom is -0.350 e. The molecule has 2 aromatic carbocycles. The highest BCUT2D eigenvalue weighted by Crippen LogP contribution is 2.41. The van der Waals surface area contributed by atoms with Crippen molar-refractivity contribution in [3.05, 3.63) is 95.4 Å². The number of hydrogen-bond donors (Lipinski definition) is 0. The first-order valence-electron chi connectivity index (χ1n) is 11.9. The number of hydrogen-bond acceptors (Lipinski definition) is 3. The molecular formula is C29H33N3. The molecule has 0 bridgehead atoms. The molecule has 2 heterocycles. The zero-order valence-corrected chi connectivity index (χ0v) is 19.6. The Morgan fingerprint density at radius 2 is 1.53 bits per heavy atom. The summed E-state index contributed by atoms with van der Waals surface area (Å²) in [7, 11) is 0. The summed E-state index contributed by atoms with van der Waals surface area (Å²) in [5.74, 6) is 0.988. The van der Waals surface area contributed by atoms with Gasteiger partial charge in [0.15, 0.2) is 0 Å². The first-order valence-corrected chi connectivity index (χ1v) is 11.9. The quantitative estimate of drug-likeness (QED) is 0.431. The minimum absolute atomic E-state index is 0.337. The van der Waals surface area contributed by atoms with Crippen LogP contribution in [0.4, 0.5) is 5.69 Å². The number of rotatable bonds is 5. The van der Waals surface area contributed by atoms with Gasteiger partial charge in [0.1, 0.15) is 0 Å². The second-order valence-corrected chi connectivity index (χ2v) is 9.68. The summed E-state index contributed by atoms with van der Waals surface area (Å²) < 4.78 is 0. The summed E-state index contributed by atoms with van der Waals surface area (Å²) in [6.07, 6.45) is 6.78. The number of anilines is 1. The molecule has 0 saturated carbocycles. The van der Waals surface area contributed by atoms with Crippen LogP contribution < -0.4 is 4.90 Å². The Labute approximate surface area is 192 Å². The zero-order chi connectivity index (χ0) is 22.2. The number of aromatic nitrogens is 1. The molecule has 0 N–H and O–H groups in total. The number of pyridine rings is 1. The van der Waals surface area contributed by atoms with Crippen LogP contribution in [0.1, 0.15) is 74.4 Å². The summed E-state index contributed by atoms with van der Waals surface area (Å²) in [5, 5.41) is 0. The summed E-state index contributed by atoms with van der Waals surface area (Å²) >= 11 is 0. The maximum absolute atomic E-state index is 5.14. The van der Waals surface area contributed by atoms with Gasteiger partial charge in [0.25, 0.3) is 0 Å². The molecule has 0 saturated heterocycles. The van der Waals surface area contributed by atoms with Crippen molar-refractivity contribution in [2.24, 2.45) is 0 Å². The van der Waals surface area contributed by atoms with Crippen LogP contribution in [0.15, 0.2) is 73.1 Å². The van der Waals surface area contributed by atoms with E-state index in [0.717, 1.165) is 25.2 Å². The van der Waals surface area contributed by atoms with E-state index in [1.165, 1.54) is 33.6 Å². The van der Waals surface area contributed by atoms with Gasteiger partial charge in [-0.1, -0.05) is 82.3 Å². The van der Waals surface area contributed by atoms with Gasteiger partial charge in [-0.2, -0.15) is 0 Å². The predicted octanol–water partition coefficient (Wildman–Crippen LogP) is 7.23. The third-order valence-corrected chi connectivity index (χ3v) is 6.87. The van der Waals surface area contributed by atoms with Crippen LogP contribution >= 0.6 is 0 Å². The molecule has 0 spiro atoms. The molecule has 1 aliphatic heterocycles. The van der Waals surface area contributed by atoms with E-state index < -0.39 is 0 Å². The summed E-state index contributed by atoms with van der Waals surface area (Å²) in [6, 6.07) is 22.1. The SMILES string of the molecule is CC(C)c1cccc(C(C)C)c1N1C=CN(C2CCc3ccc(-c4ccccc4)nc32)C1. The lowest BCUT2D eigenvalue weighted by atomic mass is 9.92. The van der Waals surface area contributed by atoms with Gasteiger partial charge in [-0.3, -0.25) is 4.98 Å². The third-order valence-electron chi connectivity index (χ3n) is 6.87. The van der Waals surface area contributed by atoms with Crippen LogP contribution in [0.2, 0.25) is 0 Å². The second-order valence-electron chi connectivity index (χ2n) is 9.68. The molecular weight excluding hydrogens is 390 g/mol. The molecule has 1 atom stereocenters. The minimum atomic E-state index is 0.337. The van der Waals surface area contributed by atoms with Gasteiger partial charge in [0, 0.05) is 23.7 Å². The van der Waals surface area contributed by atoms with Crippen molar-refractivity contribution in [2.75, 3.05) is 11.6 Å². The van der Waals surface area contributed by atoms with Crippen molar-refractivity contribution in [1.82, 2.24) is 9.88 Å². The highest BCUT2D eigenvalue weighted by atomic mass is 15.4. The smallest absolute Gasteiger partial charge is 0.0948 e. The molecule has 32 heavy (non-hydrogen) atoms. The highest BCUT2D eigenvalue weighted by Gasteiger charge is 2.32. The fraction of sp³-hybridized carbons (Fsp3) is 0.345. The molecule has 1 aliphatic carbocycles. The Bertz CT molecular complexity index is 1100. The van der Waals surface area contributed by atoms with Gasteiger partial charge < -0.3 is 9.80 Å². The third kappa shape index (κ3) is 3.70. The van der Waals surface area contributed by atoms with Gasteiger partial charge in [-0.25, -0.2) is 0 Å². The monoisotopic (exact) mass is 423 g/mol. The van der Waals surface area contributed by atoms with E-state index in [9.17, 15) is 0 Å². The maximum atomic E-state index is 5.14. The van der Waals surface area contributed by atoms with E-state index in [0.29, 0.717) is 17.9 Å². The second kappa shape index (κ2) is 8.46. The standard InChI is InChI=1S/C29H33N3/c1-20(2)24-11-8-12-25(21(3)4)29(24)32-18-17-31(19-32)27-16-14-23-13-15-26(30-28(23)27)22-9-6-5-7-10-22/h5-13,15,17-18,20-21,27H,14,16,19H2,1-4H3. The molecule has 2 aliphatic rings. The van der Waals surface area contributed by atoms with Crippen LogP contribution in [0.3, 0.4) is 0 Å². The van der Waals surface area contributed by atoms with Gasteiger partial charge in [-0.15, -0.1) is 0 Å². The molecule has 3 aromatic rings. The Morgan fingerprint density at radius 1 is 0.812 bits per heavy atom. The van der Waals surface area contributed by atoms with Crippen LogP contribution in [0.25, 0.3) is 11.3 Å². The van der Waals surface area contributed by atoms with E-state index in [4.69, 9.17) is 4.98 Å². The molecule has 1 unspecified atom stereocenters. The average Bonchev–Trinajstić information content (AvgIpc) is 3.45. The van der Waals surface area contributed by atoms with Crippen molar-refractivity contribution in [2.45, 2.75) is 58.4 Å². The Kier molecular flexibility index (Phi) is 5.50. The Morgan fingerprint density at radius 3 is 2.22 bits per heavy atom. The van der Waals surface area contributed by atoms with Crippen LogP contribution in [0, 0.1) is 0 Å². The van der Waals surface area contributed by atoms with E-state index in [-0.39, 0.29) is 0 Å². The highest BCUT2D eigenvalue weighted by molar-refractivity contribution is 5.64. The molecule has 0 radical (unpaired) electrons. The van der Waals surface area contributed by atoms with Gasteiger partial charge >= 0.3 is 0 Å². The normalized spacial score (nSPS) is 17.6. The summed E-state index contributed by atoms with van der Waals surface area (Å²) in [5.41, 5.74) is 9.15. The maximum Gasteiger partial charge on any atom is 0.0948 e. The van der Waals surface area contributed by atoms with Crippen LogP contribution in [-0.2, 0) is 6.42 Å². The van der Waals surface area contributed by atoms with Crippen molar-refractivity contribution in [3.63, 3.8) is 0 Å². The number of fused-ring (bicyclic) bond motifs is 1. The van der Waals surface area contributed by atoms with E-state index >= 15 is 0 Å². The lowest BCUT2D eigenvalue weighted by Crippen LogP contribution is -2.29. The molecule has 0 amide bonds. The zero-order valence-electron chi connectivity index (χ0n) is 19.6. The number of benzene rings is 2. The molecule has 0 fully saturated rings. The van der Waals surface area contributed by atoms with Crippen molar-refractivity contribution in [3.8, 4) is 11.3 Å². The Balaban J connectivity index is 1.44. The van der Waals surface area contributed by atoms with Gasteiger partial charge in [0.2, 0.25) is 0 Å². The number of aryl methyl sites for hydroxylation is 1. The predicted molar refractivity (Wildman–Crippen MR) is 134 cm³/mol. The van der Waals surface area contributed by atoms with E-state index in [1.807, 2.05) is 0 Å². The fourth-order valence-electron chi connectivity index (χ4n) is 5.15. The molecule has 3 heteroatoms. The number of nitrogens with zero attached hydrogens (tertiary/aromatic N) is 3. The molecule has 3 nitrogen and oxygen atoms in total. The van der Waals surface area contributed by atoms with E-state index in [1.54, 1.807) is 0 Å². The molecule has 1 aromatic heterocycles. The van der Waals surface area contributed by atoms with Crippen molar-refractivity contribution in [1.29, 1.82) is 0 Å². The van der Waals surface area contributed by atoms with Gasteiger partial charge in [-0.05, 0) is 47.4 Å². The largest absolute Gasteiger partial charge is 0.350 e. The summed E-state index contributed by atoms with van der Waals surface area (Å²) in [6.45, 7) is 10.1. The van der Waals surface area contributed by atoms with Crippen LogP contribution in [-0.4, -0.2) is 16.6 Å². The topological polar surface area (TPSA) is 19.4 Å². The lowest BCUT2D eigenvalue weighted by molar-refractivity contribution is 0.296. The van der Waals surface area contributed by atoms with E-state index in [2.05, 4.69) is 111 Å². The number of para-hydroxylation sites is 1. The Hall–Kier alpha value is -3.07. The lowest BCUT2D eigenvalue weighted by Gasteiger charge is -2.30. The first kappa shape index (κ1) is 20.8. The first-order chi connectivity index (χ1) is 15.5.